The molecule has 0 bridgehead atoms. The third kappa shape index (κ3) is 2.23. The molecule has 0 radical (unpaired) electrons. The van der Waals surface area contributed by atoms with Gasteiger partial charge in [-0.2, -0.15) is 0 Å². The zero-order valence-corrected chi connectivity index (χ0v) is 11.7. The third-order valence-corrected chi connectivity index (χ3v) is 6.19. The lowest BCUT2D eigenvalue weighted by Gasteiger charge is -2.37. The van der Waals surface area contributed by atoms with Crippen molar-refractivity contribution >= 4 is 18.6 Å². The molecule has 1 aliphatic heterocycles. The van der Waals surface area contributed by atoms with Crippen LogP contribution in [0.1, 0.15) is 20.8 Å². The molecule has 1 fully saturated rings. The topological polar surface area (TPSA) is 55.4 Å². The number of hydrogen-bond donors (Lipinski definition) is 1. The van der Waals surface area contributed by atoms with Crippen LogP contribution in [-0.4, -0.2) is 17.8 Å². The molecule has 98 valence electrons. The number of rotatable bonds is 2. The largest absolute Gasteiger partial charge is 0.341 e. The summed E-state index contributed by atoms with van der Waals surface area (Å²) in [4.78, 5) is 11.7. The van der Waals surface area contributed by atoms with E-state index < -0.39 is 19.3 Å². The Kier molecular flexibility index (Phi) is 3.60. The zero-order valence-electron chi connectivity index (χ0n) is 10.8. The minimum Gasteiger partial charge on any atom is -0.341 e. The van der Waals surface area contributed by atoms with Gasteiger partial charge in [0.25, 0.3) is 7.37 Å². The fourth-order valence-corrected chi connectivity index (χ4v) is 4.92. The molecule has 1 N–H and O–H groups in total. The Morgan fingerprint density at radius 3 is 2.44 bits per heavy atom. The van der Waals surface area contributed by atoms with E-state index in [9.17, 15) is 9.36 Å². The summed E-state index contributed by atoms with van der Waals surface area (Å²) in [5.41, 5.74) is 0. The molecule has 0 spiro atoms. The molecule has 1 saturated heterocycles. The number of amides is 1. The van der Waals surface area contributed by atoms with E-state index in [4.69, 9.17) is 4.52 Å². The summed E-state index contributed by atoms with van der Waals surface area (Å²) in [6, 6.07) is 9.11. The molecule has 1 aromatic carbocycles. The molecule has 18 heavy (non-hydrogen) atoms. The first-order valence-electron chi connectivity index (χ1n) is 6.09. The maximum atomic E-state index is 13.1. The van der Waals surface area contributed by atoms with E-state index >= 15 is 0 Å². The second kappa shape index (κ2) is 4.87. The van der Waals surface area contributed by atoms with Gasteiger partial charge in [-0.3, -0.25) is 9.36 Å². The van der Waals surface area contributed by atoms with E-state index in [1.54, 1.807) is 19.1 Å². The molecular formula is C13H18NO3P. The highest BCUT2D eigenvalue weighted by molar-refractivity contribution is 7.67. The second-order valence-electron chi connectivity index (χ2n) is 4.88. The molecule has 2 rings (SSSR count). The van der Waals surface area contributed by atoms with Crippen LogP contribution in [0.15, 0.2) is 30.3 Å². The normalized spacial score (nSPS) is 32.3. The van der Waals surface area contributed by atoms with Crippen molar-refractivity contribution in [3.63, 3.8) is 0 Å². The van der Waals surface area contributed by atoms with Crippen molar-refractivity contribution in [1.29, 1.82) is 0 Å². The lowest BCUT2D eigenvalue weighted by molar-refractivity contribution is -0.129. The molecular weight excluding hydrogens is 249 g/mol. The number of nitrogens with one attached hydrogen (secondary N) is 1. The van der Waals surface area contributed by atoms with E-state index in [-0.39, 0.29) is 11.8 Å². The van der Waals surface area contributed by atoms with Gasteiger partial charge in [0.2, 0.25) is 5.91 Å². The Morgan fingerprint density at radius 2 is 1.89 bits per heavy atom. The zero-order chi connectivity index (χ0) is 13.3. The van der Waals surface area contributed by atoms with Crippen molar-refractivity contribution in [3.8, 4) is 0 Å². The maximum Gasteiger partial charge on any atom is 0.254 e. The van der Waals surface area contributed by atoms with Gasteiger partial charge in [-0.15, -0.1) is 0 Å². The van der Waals surface area contributed by atoms with Gasteiger partial charge < -0.3 is 9.84 Å². The quantitative estimate of drug-likeness (QED) is 0.835. The third-order valence-electron chi connectivity index (χ3n) is 3.09. The van der Waals surface area contributed by atoms with Crippen molar-refractivity contribution in [1.82, 2.24) is 5.32 Å². The Labute approximate surface area is 107 Å². The summed E-state index contributed by atoms with van der Waals surface area (Å²) >= 11 is 0. The van der Waals surface area contributed by atoms with Crippen LogP contribution in [0.4, 0.5) is 0 Å². The Bertz CT molecular complexity index is 486. The highest BCUT2D eigenvalue weighted by Gasteiger charge is 2.45. The molecule has 0 saturated carbocycles. The fraction of sp³-hybridized carbons (Fsp3) is 0.462. The van der Waals surface area contributed by atoms with Gasteiger partial charge in [0.15, 0.2) is 0 Å². The predicted molar refractivity (Wildman–Crippen MR) is 71.0 cm³/mol. The maximum absolute atomic E-state index is 13.1. The van der Waals surface area contributed by atoms with Gasteiger partial charge >= 0.3 is 0 Å². The van der Waals surface area contributed by atoms with E-state index in [1.807, 2.05) is 32.0 Å². The molecule has 0 unspecified atom stereocenters. The van der Waals surface area contributed by atoms with E-state index in [2.05, 4.69) is 5.32 Å². The first-order chi connectivity index (χ1) is 8.45. The van der Waals surface area contributed by atoms with Gasteiger partial charge in [0, 0.05) is 5.30 Å². The summed E-state index contributed by atoms with van der Waals surface area (Å²) in [7, 11) is -3.06. The highest BCUT2D eigenvalue weighted by Crippen LogP contribution is 2.55. The number of benzene rings is 1. The van der Waals surface area contributed by atoms with Gasteiger partial charge in [0.1, 0.15) is 11.9 Å². The van der Waals surface area contributed by atoms with Crippen molar-refractivity contribution < 1.29 is 13.9 Å². The number of hydrogen-bond acceptors (Lipinski definition) is 3. The number of carbonyl (C=O) groups is 1. The first kappa shape index (κ1) is 13.3. The van der Waals surface area contributed by atoms with Crippen LogP contribution in [0.3, 0.4) is 0 Å². The van der Waals surface area contributed by atoms with Crippen molar-refractivity contribution in [2.45, 2.75) is 32.7 Å². The van der Waals surface area contributed by atoms with E-state index in [1.165, 1.54) is 0 Å². The van der Waals surface area contributed by atoms with Crippen LogP contribution in [-0.2, 0) is 13.9 Å². The first-order valence-corrected chi connectivity index (χ1v) is 7.78. The van der Waals surface area contributed by atoms with E-state index in [0.717, 1.165) is 0 Å². The molecule has 1 heterocycles. The second-order valence-corrected chi connectivity index (χ2v) is 7.36. The SMILES string of the molecule is CC(C)[C@@H]1NC(=O)[C@H](C)O[P@]1(=O)c1ccccc1. The van der Waals surface area contributed by atoms with Crippen LogP contribution < -0.4 is 10.6 Å². The summed E-state index contributed by atoms with van der Waals surface area (Å²) in [6.45, 7) is 5.49. The average Bonchev–Trinajstić information content (AvgIpc) is 2.34. The lowest BCUT2D eigenvalue weighted by atomic mass is 10.2. The van der Waals surface area contributed by atoms with Crippen molar-refractivity contribution in [2.75, 3.05) is 0 Å². The van der Waals surface area contributed by atoms with Crippen molar-refractivity contribution in [3.05, 3.63) is 30.3 Å². The van der Waals surface area contributed by atoms with Crippen LogP contribution >= 0.6 is 7.37 Å². The Hall–Kier alpha value is -1.12. The van der Waals surface area contributed by atoms with Gasteiger partial charge in [0.05, 0.1) is 0 Å². The molecule has 1 amide bonds. The van der Waals surface area contributed by atoms with Crippen LogP contribution in [0.25, 0.3) is 0 Å². The molecule has 5 heteroatoms. The summed E-state index contributed by atoms with van der Waals surface area (Å²) < 4.78 is 18.7. The smallest absolute Gasteiger partial charge is 0.254 e. The predicted octanol–water partition coefficient (Wildman–Crippen LogP) is 2.11. The number of carbonyl (C=O) groups excluding carboxylic acids is 1. The lowest BCUT2D eigenvalue weighted by Crippen LogP contribution is -2.50. The Balaban J connectivity index is 2.45. The fourth-order valence-electron chi connectivity index (χ4n) is 2.11. The molecule has 0 aromatic heterocycles. The van der Waals surface area contributed by atoms with Gasteiger partial charge in [-0.05, 0) is 25.0 Å². The minimum atomic E-state index is -3.06. The molecule has 3 atom stereocenters. The van der Waals surface area contributed by atoms with Crippen LogP contribution in [0.5, 0.6) is 0 Å². The van der Waals surface area contributed by atoms with Crippen LogP contribution in [0, 0.1) is 5.92 Å². The molecule has 4 nitrogen and oxygen atoms in total. The molecule has 1 aliphatic rings. The Morgan fingerprint density at radius 1 is 1.28 bits per heavy atom. The average molecular weight is 267 g/mol. The molecule has 0 aliphatic carbocycles. The monoisotopic (exact) mass is 267 g/mol. The van der Waals surface area contributed by atoms with Gasteiger partial charge in [-0.1, -0.05) is 32.0 Å². The summed E-state index contributed by atoms with van der Waals surface area (Å²) in [5, 5.41) is 3.49. The van der Waals surface area contributed by atoms with E-state index in [0.29, 0.717) is 5.30 Å². The standard InChI is InChI=1S/C13H18NO3P/c1-9(2)13-14-12(15)10(3)17-18(13,16)11-7-5-4-6-8-11/h4-10,13H,1-3H3,(H,14,15)/t10-,13+,18+/m0/s1. The highest BCUT2D eigenvalue weighted by atomic mass is 31.2. The van der Waals surface area contributed by atoms with Crippen molar-refractivity contribution in [2.24, 2.45) is 5.92 Å². The molecule has 1 aromatic rings. The van der Waals surface area contributed by atoms with Crippen LogP contribution in [0.2, 0.25) is 0 Å². The summed E-state index contributed by atoms with van der Waals surface area (Å²) in [6.07, 6.45) is -0.675. The van der Waals surface area contributed by atoms with Gasteiger partial charge in [-0.25, -0.2) is 0 Å². The minimum absolute atomic E-state index is 0.0486. The summed E-state index contributed by atoms with van der Waals surface area (Å²) in [5.74, 6) is -0.604.